The Kier molecular flexibility index (Phi) is 7.95. The zero-order chi connectivity index (χ0) is 24.8. The topological polar surface area (TPSA) is 128 Å². The second-order valence-corrected chi connectivity index (χ2v) is 7.89. The molecule has 2 atom stereocenters. The minimum absolute atomic E-state index is 0.0291. The predicted molar refractivity (Wildman–Crippen MR) is 128 cm³/mol. The third-order valence-corrected chi connectivity index (χ3v) is 5.29. The largest absolute Gasteiger partial charge is 0.494 e. The van der Waals surface area contributed by atoms with Gasteiger partial charge in [0.2, 0.25) is 0 Å². The summed E-state index contributed by atoms with van der Waals surface area (Å²) >= 11 is 0. The van der Waals surface area contributed by atoms with Crippen LogP contribution in [-0.4, -0.2) is 35.1 Å². The van der Waals surface area contributed by atoms with E-state index in [1.54, 1.807) is 18.2 Å². The molecule has 1 amide bonds. The van der Waals surface area contributed by atoms with Crippen molar-refractivity contribution in [1.82, 2.24) is 9.97 Å². The Morgan fingerprint density at radius 3 is 2.62 bits per heavy atom. The van der Waals surface area contributed by atoms with Gasteiger partial charge in [0.05, 0.1) is 24.6 Å². The molecule has 3 aromatic rings. The maximum absolute atomic E-state index is 14.7. The van der Waals surface area contributed by atoms with E-state index in [-0.39, 0.29) is 40.6 Å². The first-order valence-corrected chi connectivity index (χ1v) is 10.8. The Morgan fingerprint density at radius 2 is 1.97 bits per heavy atom. The molecule has 0 bridgehead atoms. The van der Waals surface area contributed by atoms with Gasteiger partial charge < -0.3 is 26.8 Å². The summed E-state index contributed by atoms with van der Waals surface area (Å²) in [7, 11) is 1.38. The number of primary amides is 1. The average molecular weight is 471 g/mol. The van der Waals surface area contributed by atoms with Crippen molar-refractivity contribution in [3.05, 3.63) is 59.9 Å². The van der Waals surface area contributed by atoms with Crippen molar-refractivity contribution < 1.29 is 18.3 Å². The van der Waals surface area contributed by atoms with E-state index in [9.17, 15) is 13.6 Å². The molecular weight excluding hydrogens is 442 g/mol. The van der Waals surface area contributed by atoms with E-state index in [0.29, 0.717) is 17.7 Å². The first kappa shape index (κ1) is 24.8. The molecular formula is C24H28F2N6O2. The highest BCUT2D eigenvalue weighted by Crippen LogP contribution is 2.31. The Hall–Kier alpha value is -3.79. The summed E-state index contributed by atoms with van der Waals surface area (Å²) in [5, 5.41) is 5.96. The fraction of sp³-hybridized carbons (Fsp3) is 0.292. The summed E-state index contributed by atoms with van der Waals surface area (Å²) in [5.41, 5.74) is 12.5. The number of amides is 1. The zero-order valence-electron chi connectivity index (χ0n) is 19.2. The quantitative estimate of drug-likeness (QED) is 0.350. The minimum atomic E-state index is -0.860. The third kappa shape index (κ3) is 5.57. The molecule has 10 heteroatoms. The van der Waals surface area contributed by atoms with E-state index >= 15 is 0 Å². The SMILES string of the molecule is CCC[C@@H](Nc1nc(Nc2cncc(-c3cccc(OC)c3F)c2)c(C(N)=O)cc1F)[C@H](C)N. The second kappa shape index (κ2) is 10.9. The molecule has 6 N–H and O–H groups in total. The minimum Gasteiger partial charge on any atom is -0.494 e. The molecule has 0 spiro atoms. The molecule has 0 aliphatic carbocycles. The standard InChI is InChI=1S/C24H28F2N6O2/c1-4-6-19(13(2)27)31-24-18(25)10-17(22(28)33)23(32-24)30-15-9-14(11-29-12-15)16-7-5-8-20(34-3)21(16)26/h5,7-13,19H,4,6,27H2,1-3H3,(H2,28,33)(H2,30,31,32)/t13-,19+/m0/s1. The van der Waals surface area contributed by atoms with Gasteiger partial charge in [0.15, 0.2) is 23.2 Å². The van der Waals surface area contributed by atoms with Crippen molar-refractivity contribution in [2.45, 2.75) is 38.8 Å². The van der Waals surface area contributed by atoms with Gasteiger partial charge in [-0.25, -0.2) is 13.8 Å². The number of nitrogens with two attached hydrogens (primary N) is 2. The van der Waals surface area contributed by atoms with E-state index in [1.165, 1.54) is 25.6 Å². The van der Waals surface area contributed by atoms with Crippen molar-refractivity contribution in [3.8, 4) is 16.9 Å². The molecule has 34 heavy (non-hydrogen) atoms. The fourth-order valence-electron chi connectivity index (χ4n) is 3.51. The van der Waals surface area contributed by atoms with Gasteiger partial charge in [-0.15, -0.1) is 0 Å². The highest BCUT2D eigenvalue weighted by molar-refractivity contribution is 5.98. The van der Waals surface area contributed by atoms with Gasteiger partial charge in [-0.2, -0.15) is 0 Å². The maximum Gasteiger partial charge on any atom is 0.252 e. The van der Waals surface area contributed by atoms with Crippen LogP contribution in [0.5, 0.6) is 5.75 Å². The molecule has 0 unspecified atom stereocenters. The lowest BCUT2D eigenvalue weighted by molar-refractivity contribution is 0.100. The van der Waals surface area contributed by atoms with E-state index in [2.05, 4.69) is 20.6 Å². The highest BCUT2D eigenvalue weighted by atomic mass is 19.1. The van der Waals surface area contributed by atoms with Gasteiger partial charge in [0.1, 0.15) is 5.82 Å². The number of anilines is 3. The molecule has 1 aromatic carbocycles. The van der Waals surface area contributed by atoms with Gasteiger partial charge in [-0.05, 0) is 31.5 Å². The number of aromatic nitrogens is 2. The molecule has 3 rings (SSSR count). The van der Waals surface area contributed by atoms with Gasteiger partial charge in [-0.1, -0.05) is 25.5 Å². The van der Waals surface area contributed by atoms with Crippen LogP contribution in [0.1, 0.15) is 37.0 Å². The second-order valence-electron chi connectivity index (χ2n) is 7.89. The molecule has 0 radical (unpaired) electrons. The molecule has 0 aliphatic rings. The monoisotopic (exact) mass is 470 g/mol. The van der Waals surface area contributed by atoms with Crippen LogP contribution in [0.25, 0.3) is 11.1 Å². The smallest absolute Gasteiger partial charge is 0.252 e. The molecule has 2 aromatic heterocycles. The maximum atomic E-state index is 14.7. The number of nitrogens with zero attached hydrogens (tertiary/aromatic N) is 2. The lowest BCUT2D eigenvalue weighted by Gasteiger charge is -2.23. The van der Waals surface area contributed by atoms with E-state index in [4.69, 9.17) is 16.2 Å². The molecule has 2 heterocycles. The molecule has 8 nitrogen and oxygen atoms in total. The van der Waals surface area contributed by atoms with E-state index < -0.39 is 17.5 Å². The van der Waals surface area contributed by atoms with Crippen molar-refractivity contribution in [3.63, 3.8) is 0 Å². The lowest BCUT2D eigenvalue weighted by Crippen LogP contribution is -2.38. The number of rotatable bonds is 10. The highest BCUT2D eigenvalue weighted by Gasteiger charge is 2.20. The number of methoxy groups -OCH3 is 1. The van der Waals surface area contributed by atoms with E-state index in [1.807, 2.05) is 13.8 Å². The number of benzene rings is 1. The van der Waals surface area contributed by atoms with Crippen LogP contribution in [0.2, 0.25) is 0 Å². The Labute approximate surface area is 196 Å². The predicted octanol–water partition coefficient (Wildman–Crippen LogP) is 4.20. The van der Waals surface area contributed by atoms with E-state index in [0.717, 1.165) is 12.5 Å². The van der Waals surface area contributed by atoms with Crippen LogP contribution in [0.3, 0.4) is 0 Å². The molecule has 0 saturated heterocycles. The first-order chi connectivity index (χ1) is 16.2. The third-order valence-electron chi connectivity index (χ3n) is 5.29. The molecule has 0 fully saturated rings. The summed E-state index contributed by atoms with van der Waals surface area (Å²) in [5.74, 6) is -2.07. The number of halogens is 2. The number of pyridine rings is 2. The van der Waals surface area contributed by atoms with Crippen LogP contribution >= 0.6 is 0 Å². The number of hydrogen-bond acceptors (Lipinski definition) is 7. The number of carbonyl (C=O) groups is 1. The van der Waals surface area contributed by atoms with Crippen LogP contribution in [-0.2, 0) is 0 Å². The van der Waals surface area contributed by atoms with Crippen molar-refractivity contribution in [1.29, 1.82) is 0 Å². The van der Waals surface area contributed by atoms with Gasteiger partial charge in [-0.3, -0.25) is 9.78 Å². The van der Waals surface area contributed by atoms with Crippen molar-refractivity contribution in [2.75, 3.05) is 17.7 Å². The fourth-order valence-corrected chi connectivity index (χ4v) is 3.51. The number of nitrogens with one attached hydrogen (secondary N) is 2. The van der Waals surface area contributed by atoms with Crippen LogP contribution in [0.15, 0.2) is 42.7 Å². The summed E-state index contributed by atoms with van der Waals surface area (Å²) in [6, 6.07) is 6.92. The average Bonchev–Trinajstić information content (AvgIpc) is 2.80. The molecule has 0 saturated carbocycles. The molecule has 180 valence electrons. The summed E-state index contributed by atoms with van der Waals surface area (Å²) in [4.78, 5) is 20.4. The normalized spacial score (nSPS) is 12.6. The first-order valence-electron chi connectivity index (χ1n) is 10.8. The van der Waals surface area contributed by atoms with Gasteiger partial charge in [0.25, 0.3) is 5.91 Å². The number of ether oxygens (including phenoxy) is 1. The Balaban J connectivity index is 1.99. The number of carbonyl (C=O) groups excluding carboxylic acids is 1. The summed E-state index contributed by atoms with van der Waals surface area (Å²) < 4.78 is 34.5. The number of hydrogen-bond donors (Lipinski definition) is 4. The van der Waals surface area contributed by atoms with Crippen molar-refractivity contribution >= 4 is 23.2 Å². The lowest BCUT2D eigenvalue weighted by atomic mass is 10.1. The zero-order valence-corrected chi connectivity index (χ0v) is 19.2. The summed E-state index contributed by atoms with van der Waals surface area (Å²) in [6.07, 6.45) is 4.50. The van der Waals surface area contributed by atoms with Gasteiger partial charge in [0, 0.05) is 29.4 Å². The van der Waals surface area contributed by atoms with Crippen LogP contribution in [0.4, 0.5) is 26.1 Å². The van der Waals surface area contributed by atoms with Crippen molar-refractivity contribution in [2.24, 2.45) is 11.5 Å². The van der Waals surface area contributed by atoms with Gasteiger partial charge >= 0.3 is 0 Å². The summed E-state index contributed by atoms with van der Waals surface area (Å²) in [6.45, 7) is 3.81. The van der Waals surface area contributed by atoms with Crippen LogP contribution < -0.4 is 26.8 Å². The van der Waals surface area contributed by atoms with Crippen LogP contribution in [0, 0.1) is 11.6 Å². The molecule has 0 aliphatic heterocycles. The Morgan fingerprint density at radius 1 is 1.21 bits per heavy atom. The Bertz CT molecular complexity index is 1170.